The highest BCUT2D eigenvalue weighted by Crippen LogP contribution is 2.10. The molecule has 1 rings (SSSR count). The predicted molar refractivity (Wildman–Crippen MR) is 33.7 cm³/mol. The minimum absolute atomic E-state index is 0.181. The number of rotatable bonds is 1. The van der Waals surface area contributed by atoms with Gasteiger partial charge in [-0.1, -0.05) is 0 Å². The minimum atomic E-state index is -1.24. The van der Waals surface area contributed by atoms with Crippen molar-refractivity contribution in [1.82, 2.24) is 0 Å². The monoisotopic (exact) mass is 160 g/mol. The zero-order chi connectivity index (χ0) is 8.43. The molecule has 0 fully saturated rings. The summed E-state index contributed by atoms with van der Waals surface area (Å²) in [7, 11) is 0. The molecule has 1 aliphatic heterocycles. The Balaban J connectivity index is 2.71. The second kappa shape index (κ2) is 2.89. The lowest BCUT2D eigenvalue weighted by molar-refractivity contribution is -0.138. The average Bonchev–Trinajstić information content (AvgIpc) is 1.94. The van der Waals surface area contributed by atoms with Gasteiger partial charge in [0.15, 0.2) is 0 Å². The van der Waals surface area contributed by atoms with Crippen LogP contribution in [0.25, 0.3) is 0 Å². The topological polar surface area (TPSA) is 87.0 Å². The summed E-state index contributed by atoms with van der Waals surface area (Å²) in [6.07, 6.45) is -1.20. The third-order valence-corrected chi connectivity index (χ3v) is 1.34. The molecule has 0 aliphatic carbocycles. The zero-order valence-electron chi connectivity index (χ0n) is 5.60. The number of ether oxygens (including phenoxy) is 1. The third kappa shape index (κ3) is 1.69. The highest BCUT2D eigenvalue weighted by molar-refractivity contribution is 5.84. The Labute approximate surface area is 62.5 Å². The SMILES string of the molecule is O=C(O)C1=C[C@H](O)[C@H](O)CO1. The van der Waals surface area contributed by atoms with Gasteiger partial charge in [-0.25, -0.2) is 4.79 Å². The number of hydrogen-bond donors (Lipinski definition) is 3. The summed E-state index contributed by atoms with van der Waals surface area (Å²) < 4.78 is 4.57. The fourth-order valence-corrected chi connectivity index (χ4v) is 0.721. The van der Waals surface area contributed by atoms with Crippen LogP contribution in [0.3, 0.4) is 0 Å². The van der Waals surface area contributed by atoms with Gasteiger partial charge in [-0.05, 0) is 6.08 Å². The fraction of sp³-hybridized carbons (Fsp3) is 0.500. The van der Waals surface area contributed by atoms with Crippen LogP contribution in [0.15, 0.2) is 11.8 Å². The second-order valence-corrected chi connectivity index (χ2v) is 2.21. The number of carboxylic acid groups (broad SMARTS) is 1. The molecular formula is C6H8O5. The molecule has 0 aromatic heterocycles. The van der Waals surface area contributed by atoms with Gasteiger partial charge in [-0.3, -0.25) is 0 Å². The molecule has 11 heavy (non-hydrogen) atoms. The lowest BCUT2D eigenvalue weighted by Gasteiger charge is -2.21. The van der Waals surface area contributed by atoms with Crippen LogP contribution in [0.4, 0.5) is 0 Å². The van der Waals surface area contributed by atoms with E-state index in [9.17, 15) is 4.79 Å². The van der Waals surface area contributed by atoms with Crippen LogP contribution in [0, 0.1) is 0 Å². The molecule has 0 saturated carbocycles. The van der Waals surface area contributed by atoms with E-state index < -0.39 is 18.2 Å². The van der Waals surface area contributed by atoms with E-state index in [1.54, 1.807) is 0 Å². The number of aliphatic carboxylic acids is 1. The molecule has 62 valence electrons. The number of hydrogen-bond acceptors (Lipinski definition) is 4. The summed E-state index contributed by atoms with van der Waals surface area (Å²) in [4.78, 5) is 10.2. The molecule has 3 N–H and O–H groups in total. The van der Waals surface area contributed by atoms with Gasteiger partial charge in [-0.2, -0.15) is 0 Å². The smallest absolute Gasteiger partial charge is 0.370 e. The van der Waals surface area contributed by atoms with Crippen molar-refractivity contribution in [2.24, 2.45) is 0 Å². The summed E-state index contributed by atoms with van der Waals surface area (Å²) in [6, 6.07) is 0. The first kappa shape index (κ1) is 8.03. The van der Waals surface area contributed by atoms with Crippen molar-refractivity contribution in [3.8, 4) is 0 Å². The number of aliphatic hydroxyl groups is 2. The molecule has 1 heterocycles. The normalized spacial score (nSPS) is 30.5. The molecule has 5 nitrogen and oxygen atoms in total. The molecule has 0 aromatic rings. The largest absolute Gasteiger partial charge is 0.484 e. The first-order valence-corrected chi connectivity index (χ1v) is 3.05. The van der Waals surface area contributed by atoms with Gasteiger partial charge >= 0.3 is 5.97 Å². The lowest BCUT2D eigenvalue weighted by Crippen LogP contribution is -2.34. The summed E-state index contributed by atoms with van der Waals surface area (Å²) in [5.74, 6) is -1.56. The van der Waals surface area contributed by atoms with Gasteiger partial charge in [0, 0.05) is 0 Å². The van der Waals surface area contributed by atoms with E-state index in [4.69, 9.17) is 15.3 Å². The summed E-state index contributed by atoms with van der Waals surface area (Å²) in [6.45, 7) is -0.181. The summed E-state index contributed by atoms with van der Waals surface area (Å²) in [5.41, 5.74) is 0. The van der Waals surface area contributed by atoms with Crippen molar-refractivity contribution >= 4 is 5.97 Å². The van der Waals surface area contributed by atoms with Crippen LogP contribution >= 0.6 is 0 Å². The van der Waals surface area contributed by atoms with Gasteiger partial charge in [-0.15, -0.1) is 0 Å². The Morgan fingerprint density at radius 3 is 2.73 bits per heavy atom. The van der Waals surface area contributed by atoms with E-state index in [0.29, 0.717) is 0 Å². The maximum atomic E-state index is 10.2. The summed E-state index contributed by atoms with van der Waals surface area (Å²) >= 11 is 0. The molecular weight excluding hydrogens is 152 g/mol. The maximum absolute atomic E-state index is 10.2. The van der Waals surface area contributed by atoms with Crippen LogP contribution in [-0.2, 0) is 9.53 Å². The Morgan fingerprint density at radius 1 is 1.64 bits per heavy atom. The van der Waals surface area contributed by atoms with E-state index >= 15 is 0 Å². The van der Waals surface area contributed by atoms with Crippen molar-refractivity contribution in [3.63, 3.8) is 0 Å². The Bertz CT molecular complexity index is 197. The fourth-order valence-electron chi connectivity index (χ4n) is 0.721. The standard InChI is InChI=1S/C6H8O5/c7-3-1-5(6(9)10)11-2-4(3)8/h1,3-4,7-8H,2H2,(H,9,10)/t3-,4+/m0/s1. The van der Waals surface area contributed by atoms with Crippen LogP contribution in [0.2, 0.25) is 0 Å². The molecule has 0 amide bonds. The highest BCUT2D eigenvalue weighted by atomic mass is 16.5. The van der Waals surface area contributed by atoms with Crippen LogP contribution < -0.4 is 0 Å². The molecule has 0 unspecified atom stereocenters. The molecule has 2 atom stereocenters. The molecule has 1 aliphatic rings. The van der Waals surface area contributed by atoms with Crippen molar-refractivity contribution in [1.29, 1.82) is 0 Å². The summed E-state index contributed by atoms with van der Waals surface area (Å²) in [5, 5.41) is 26.1. The van der Waals surface area contributed by atoms with Crippen LogP contribution in [0.1, 0.15) is 0 Å². The first-order chi connectivity index (χ1) is 5.11. The van der Waals surface area contributed by atoms with Crippen molar-refractivity contribution in [3.05, 3.63) is 11.8 Å². The number of aliphatic hydroxyl groups excluding tert-OH is 2. The van der Waals surface area contributed by atoms with Gasteiger partial charge < -0.3 is 20.1 Å². The zero-order valence-corrected chi connectivity index (χ0v) is 5.60. The van der Waals surface area contributed by atoms with E-state index in [-0.39, 0.29) is 12.4 Å². The molecule has 0 radical (unpaired) electrons. The number of carboxylic acids is 1. The van der Waals surface area contributed by atoms with E-state index in [1.807, 2.05) is 0 Å². The lowest BCUT2D eigenvalue weighted by atomic mass is 10.1. The third-order valence-electron chi connectivity index (χ3n) is 1.34. The minimum Gasteiger partial charge on any atom is -0.484 e. The molecule has 0 spiro atoms. The maximum Gasteiger partial charge on any atom is 0.370 e. The molecule has 5 heteroatoms. The molecule has 0 bridgehead atoms. The van der Waals surface area contributed by atoms with Gasteiger partial charge in [0.2, 0.25) is 5.76 Å². The Kier molecular flexibility index (Phi) is 2.11. The van der Waals surface area contributed by atoms with Crippen LogP contribution in [-0.4, -0.2) is 40.1 Å². The van der Waals surface area contributed by atoms with E-state index in [0.717, 1.165) is 6.08 Å². The van der Waals surface area contributed by atoms with Crippen molar-refractivity contribution < 1.29 is 24.9 Å². The highest BCUT2D eigenvalue weighted by Gasteiger charge is 2.24. The second-order valence-electron chi connectivity index (χ2n) is 2.21. The van der Waals surface area contributed by atoms with Gasteiger partial charge in [0.25, 0.3) is 0 Å². The first-order valence-electron chi connectivity index (χ1n) is 3.05. The average molecular weight is 160 g/mol. The Morgan fingerprint density at radius 2 is 2.27 bits per heavy atom. The van der Waals surface area contributed by atoms with E-state index in [1.165, 1.54) is 0 Å². The van der Waals surface area contributed by atoms with Crippen LogP contribution in [0.5, 0.6) is 0 Å². The van der Waals surface area contributed by atoms with Gasteiger partial charge in [0.1, 0.15) is 18.8 Å². The molecule has 0 saturated heterocycles. The quantitative estimate of drug-likeness (QED) is 0.444. The number of carbonyl (C=O) groups is 1. The molecule has 0 aromatic carbocycles. The van der Waals surface area contributed by atoms with E-state index in [2.05, 4.69) is 4.74 Å². The van der Waals surface area contributed by atoms with Crippen molar-refractivity contribution in [2.75, 3.05) is 6.61 Å². The van der Waals surface area contributed by atoms with Crippen molar-refractivity contribution in [2.45, 2.75) is 12.2 Å². The predicted octanol–water partition coefficient (Wildman–Crippen LogP) is -1.29. The Hall–Kier alpha value is -1.07. The van der Waals surface area contributed by atoms with Gasteiger partial charge in [0.05, 0.1) is 0 Å².